The Morgan fingerprint density at radius 3 is 2.65 bits per heavy atom. The summed E-state index contributed by atoms with van der Waals surface area (Å²) in [6, 6.07) is 5.12. The first-order chi connectivity index (χ1) is 11.1. The van der Waals surface area contributed by atoms with Gasteiger partial charge >= 0.3 is 11.8 Å². The molecule has 2 amide bonds. The van der Waals surface area contributed by atoms with Crippen LogP contribution in [0.25, 0.3) is 0 Å². The van der Waals surface area contributed by atoms with E-state index in [1.807, 2.05) is 0 Å². The van der Waals surface area contributed by atoms with Gasteiger partial charge in [0, 0.05) is 11.6 Å². The molecular formula is C14H14N4O4S. The summed E-state index contributed by atoms with van der Waals surface area (Å²) in [6.07, 6.45) is 2.91. The molecule has 8 nitrogen and oxygen atoms in total. The van der Waals surface area contributed by atoms with Crippen molar-refractivity contribution >= 4 is 34.5 Å². The number of nitrogens with one attached hydrogen (secondary N) is 2. The molecule has 0 saturated carbocycles. The Hall–Kier alpha value is -2.94. The minimum Gasteiger partial charge on any atom is -0.493 e. The molecule has 0 spiro atoms. The van der Waals surface area contributed by atoms with Gasteiger partial charge in [0.1, 0.15) is 0 Å². The largest absolute Gasteiger partial charge is 0.493 e. The molecule has 0 unspecified atom stereocenters. The van der Waals surface area contributed by atoms with Gasteiger partial charge in [-0.05, 0) is 23.8 Å². The van der Waals surface area contributed by atoms with Crippen LogP contribution in [0.4, 0.5) is 5.13 Å². The van der Waals surface area contributed by atoms with Crippen molar-refractivity contribution in [2.45, 2.75) is 0 Å². The number of hydrogen-bond donors (Lipinski definition) is 2. The number of hydrazone groups is 1. The highest BCUT2D eigenvalue weighted by Gasteiger charge is 2.13. The summed E-state index contributed by atoms with van der Waals surface area (Å²) in [6.45, 7) is 0. The Morgan fingerprint density at radius 1 is 1.22 bits per heavy atom. The second-order valence-corrected chi connectivity index (χ2v) is 5.00. The van der Waals surface area contributed by atoms with Crippen molar-refractivity contribution in [2.75, 3.05) is 19.5 Å². The van der Waals surface area contributed by atoms with Crippen molar-refractivity contribution in [3.8, 4) is 11.5 Å². The van der Waals surface area contributed by atoms with Gasteiger partial charge in [0.05, 0.1) is 20.4 Å². The van der Waals surface area contributed by atoms with E-state index in [9.17, 15) is 9.59 Å². The highest BCUT2D eigenvalue weighted by atomic mass is 32.1. The molecular weight excluding hydrogens is 320 g/mol. The number of rotatable bonds is 5. The van der Waals surface area contributed by atoms with Gasteiger partial charge in [-0.15, -0.1) is 11.3 Å². The molecule has 9 heteroatoms. The summed E-state index contributed by atoms with van der Waals surface area (Å²) < 4.78 is 10.3. The van der Waals surface area contributed by atoms with E-state index < -0.39 is 11.8 Å². The van der Waals surface area contributed by atoms with Crippen molar-refractivity contribution in [1.29, 1.82) is 0 Å². The molecule has 0 radical (unpaired) electrons. The summed E-state index contributed by atoms with van der Waals surface area (Å²) in [7, 11) is 3.05. The summed E-state index contributed by atoms with van der Waals surface area (Å²) in [5.74, 6) is -0.623. The van der Waals surface area contributed by atoms with Crippen molar-refractivity contribution in [3.05, 3.63) is 35.3 Å². The van der Waals surface area contributed by atoms with Gasteiger partial charge in [-0.2, -0.15) is 5.10 Å². The van der Waals surface area contributed by atoms with E-state index in [4.69, 9.17) is 9.47 Å². The molecule has 1 aromatic heterocycles. The number of anilines is 1. The first-order valence-corrected chi connectivity index (χ1v) is 7.28. The van der Waals surface area contributed by atoms with Gasteiger partial charge in [-0.1, -0.05) is 0 Å². The lowest BCUT2D eigenvalue weighted by Gasteiger charge is -2.07. The number of amides is 2. The zero-order valence-electron chi connectivity index (χ0n) is 12.4. The fraction of sp³-hybridized carbons (Fsp3) is 0.143. The van der Waals surface area contributed by atoms with Crippen molar-refractivity contribution < 1.29 is 19.1 Å². The zero-order valence-corrected chi connectivity index (χ0v) is 13.2. The number of aromatic nitrogens is 1. The van der Waals surface area contributed by atoms with Crippen LogP contribution in [0.3, 0.4) is 0 Å². The highest BCUT2D eigenvalue weighted by molar-refractivity contribution is 7.13. The number of hydrogen-bond acceptors (Lipinski definition) is 7. The number of ether oxygens (including phenoxy) is 2. The maximum Gasteiger partial charge on any atom is 0.329 e. The molecule has 0 atom stereocenters. The Balaban J connectivity index is 1.93. The molecule has 0 aliphatic carbocycles. The zero-order chi connectivity index (χ0) is 16.7. The van der Waals surface area contributed by atoms with Crippen LogP contribution in [0.2, 0.25) is 0 Å². The van der Waals surface area contributed by atoms with Gasteiger partial charge in [0.2, 0.25) is 0 Å². The van der Waals surface area contributed by atoms with Crippen LogP contribution >= 0.6 is 11.3 Å². The maximum atomic E-state index is 11.6. The molecule has 0 aliphatic rings. The lowest BCUT2D eigenvalue weighted by molar-refractivity contribution is -0.136. The highest BCUT2D eigenvalue weighted by Crippen LogP contribution is 2.26. The number of thiazole rings is 1. The van der Waals surface area contributed by atoms with E-state index in [2.05, 4.69) is 20.8 Å². The van der Waals surface area contributed by atoms with Crippen LogP contribution in [-0.4, -0.2) is 37.2 Å². The predicted molar refractivity (Wildman–Crippen MR) is 86.0 cm³/mol. The fourth-order valence-corrected chi connectivity index (χ4v) is 2.11. The van der Waals surface area contributed by atoms with Crippen molar-refractivity contribution in [3.63, 3.8) is 0 Å². The topological polar surface area (TPSA) is 102 Å². The van der Waals surface area contributed by atoms with Crippen molar-refractivity contribution in [2.24, 2.45) is 5.10 Å². The fourth-order valence-electron chi connectivity index (χ4n) is 1.59. The molecule has 1 heterocycles. The Morgan fingerprint density at radius 2 is 2.00 bits per heavy atom. The minimum absolute atomic E-state index is 0.342. The van der Waals surface area contributed by atoms with Crippen molar-refractivity contribution in [1.82, 2.24) is 10.4 Å². The lowest BCUT2D eigenvalue weighted by atomic mass is 10.2. The smallest absolute Gasteiger partial charge is 0.329 e. The van der Waals surface area contributed by atoms with E-state index >= 15 is 0 Å². The third-order valence-electron chi connectivity index (χ3n) is 2.65. The van der Waals surface area contributed by atoms with E-state index in [0.717, 1.165) is 0 Å². The summed E-state index contributed by atoms with van der Waals surface area (Å²) >= 11 is 1.21. The first-order valence-electron chi connectivity index (χ1n) is 6.40. The number of nitrogens with zero attached hydrogens (tertiary/aromatic N) is 2. The summed E-state index contributed by atoms with van der Waals surface area (Å²) in [5.41, 5.74) is 2.80. The van der Waals surface area contributed by atoms with Crippen LogP contribution in [-0.2, 0) is 9.59 Å². The normalized spacial score (nSPS) is 10.3. The minimum atomic E-state index is -0.892. The van der Waals surface area contributed by atoms with Crippen LogP contribution in [0.1, 0.15) is 5.56 Å². The second kappa shape index (κ2) is 7.90. The van der Waals surface area contributed by atoms with Crippen LogP contribution in [0.15, 0.2) is 34.9 Å². The summed E-state index contributed by atoms with van der Waals surface area (Å²) in [4.78, 5) is 27.0. The number of carbonyl (C=O) groups is 2. The quantitative estimate of drug-likeness (QED) is 0.487. The van der Waals surface area contributed by atoms with Crippen LogP contribution in [0.5, 0.6) is 11.5 Å². The van der Waals surface area contributed by atoms with E-state index in [1.54, 1.807) is 23.6 Å². The van der Waals surface area contributed by atoms with E-state index in [1.165, 1.54) is 38.0 Å². The van der Waals surface area contributed by atoms with Crippen LogP contribution < -0.4 is 20.2 Å². The van der Waals surface area contributed by atoms with Gasteiger partial charge in [-0.25, -0.2) is 10.4 Å². The summed E-state index contributed by atoms with van der Waals surface area (Å²) in [5, 5.41) is 8.10. The standard InChI is InChI=1S/C14H14N4O4S/c1-21-10-4-3-9(7-11(10)22-2)8-16-18-13(20)12(19)17-14-15-5-6-23-14/h3-8H,1-2H3,(H,18,20)(H,15,17,19)/b16-8+. The van der Waals surface area contributed by atoms with Gasteiger partial charge in [0.15, 0.2) is 16.6 Å². The molecule has 0 fully saturated rings. The monoisotopic (exact) mass is 334 g/mol. The Kier molecular flexibility index (Phi) is 5.64. The SMILES string of the molecule is COc1ccc(/C=N/NC(=O)C(=O)Nc2nccs2)cc1OC. The second-order valence-electron chi connectivity index (χ2n) is 4.10. The number of benzene rings is 1. The predicted octanol–water partition coefficient (Wildman–Crippen LogP) is 1.25. The molecule has 120 valence electrons. The van der Waals surface area contributed by atoms with Crippen LogP contribution in [0, 0.1) is 0 Å². The molecule has 0 saturated heterocycles. The van der Waals surface area contributed by atoms with E-state index in [0.29, 0.717) is 22.2 Å². The average molecular weight is 334 g/mol. The first kappa shape index (κ1) is 16.4. The molecule has 2 rings (SSSR count). The number of carbonyl (C=O) groups excluding carboxylic acids is 2. The third kappa shape index (κ3) is 4.51. The third-order valence-corrected chi connectivity index (χ3v) is 3.33. The lowest BCUT2D eigenvalue weighted by Crippen LogP contribution is -2.32. The van der Waals surface area contributed by atoms with Gasteiger partial charge in [0.25, 0.3) is 0 Å². The van der Waals surface area contributed by atoms with Gasteiger partial charge in [-0.3, -0.25) is 14.9 Å². The molecule has 0 aliphatic heterocycles. The molecule has 2 N–H and O–H groups in total. The Labute approximate surface area is 136 Å². The Bertz CT molecular complexity index is 716. The average Bonchev–Trinajstić information content (AvgIpc) is 3.07. The molecule has 2 aromatic rings. The number of methoxy groups -OCH3 is 2. The van der Waals surface area contributed by atoms with Gasteiger partial charge < -0.3 is 9.47 Å². The molecule has 23 heavy (non-hydrogen) atoms. The molecule has 0 bridgehead atoms. The van der Waals surface area contributed by atoms with E-state index in [-0.39, 0.29) is 0 Å². The molecule has 1 aromatic carbocycles. The maximum absolute atomic E-state index is 11.6.